The van der Waals surface area contributed by atoms with Crippen LogP contribution in [0.1, 0.15) is 67.7 Å². The van der Waals surface area contributed by atoms with E-state index in [1.807, 2.05) is 13.8 Å². The highest BCUT2D eigenvalue weighted by atomic mass is 19.1. The zero-order chi connectivity index (χ0) is 27.0. The molecule has 2 amide bonds. The number of hydrogen-bond donors (Lipinski definition) is 4. The average Bonchev–Trinajstić information content (AvgIpc) is 3.81. The molecule has 11 nitrogen and oxygen atoms in total. The van der Waals surface area contributed by atoms with Gasteiger partial charge in [0.05, 0.1) is 18.5 Å². The number of anilines is 1. The molecule has 2 aliphatic carbocycles. The number of aliphatic hydroxyl groups excluding tert-OH is 1. The molecule has 2 aliphatic rings. The summed E-state index contributed by atoms with van der Waals surface area (Å²) < 4.78 is 16.7. The highest BCUT2D eigenvalue weighted by Gasteiger charge is 2.48. The minimum Gasteiger partial charge on any atom is -0.394 e. The lowest BCUT2D eigenvalue weighted by atomic mass is 9.88. The number of aliphatic hydroxyl groups is 1. The number of H-pyrrole nitrogens is 1. The number of pyridine rings is 1. The molecule has 4 N–H and O–H groups in total. The van der Waals surface area contributed by atoms with Gasteiger partial charge in [0, 0.05) is 30.2 Å². The third-order valence-corrected chi connectivity index (χ3v) is 7.30. The Morgan fingerprint density at radius 3 is 2.55 bits per heavy atom. The zero-order valence-electron chi connectivity index (χ0n) is 21.3. The summed E-state index contributed by atoms with van der Waals surface area (Å²) in [7, 11) is 0. The third kappa shape index (κ3) is 5.40. The fraction of sp³-hybridized carbons (Fsp3) is 0.500. The van der Waals surface area contributed by atoms with E-state index in [4.69, 9.17) is 0 Å². The summed E-state index contributed by atoms with van der Waals surface area (Å²) >= 11 is 0. The van der Waals surface area contributed by atoms with Gasteiger partial charge in [-0.2, -0.15) is 10.2 Å². The Kier molecular flexibility index (Phi) is 7.15. The molecule has 202 valence electrons. The molecule has 3 aromatic rings. The van der Waals surface area contributed by atoms with Crippen molar-refractivity contribution in [3.8, 4) is 0 Å². The van der Waals surface area contributed by atoms with Gasteiger partial charge in [0.2, 0.25) is 5.91 Å². The van der Waals surface area contributed by atoms with Gasteiger partial charge >= 0.3 is 0 Å². The summed E-state index contributed by atoms with van der Waals surface area (Å²) in [5.74, 6) is -0.572. The number of nitrogens with one attached hydrogen (secondary N) is 3. The SMILES string of the molecule is CC(C)n1nccc1C(=O)NC(C(=O)Nc1cnn(C(CO)c2cc(F)c[nH]c2=O)c1)C(C1CC1)C1CC1. The van der Waals surface area contributed by atoms with Gasteiger partial charge in [-0.3, -0.25) is 23.7 Å². The fourth-order valence-electron chi connectivity index (χ4n) is 5.19. The Bertz CT molecular complexity index is 1360. The van der Waals surface area contributed by atoms with E-state index < -0.39 is 30.1 Å². The van der Waals surface area contributed by atoms with Gasteiger partial charge in [0.1, 0.15) is 23.6 Å². The maximum atomic E-state index is 13.7. The van der Waals surface area contributed by atoms with Gasteiger partial charge in [-0.05, 0) is 69.4 Å². The first-order chi connectivity index (χ1) is 18.3. The fourth-order valence-corrected chi connectivity index (χ4v) is 5.19. The average molecular weight is 526 g/mol. The topological polar surface area (TPSA) is 147 Å². The Morgan fingerprint density at radius 2 is 1.92 bits per heavy atom. The molecule has 3 aromatic heterocycles. The van der Waals surface area contributed by atoms with Crippen LogP contribution in [0.15, 0.2) is 41.7 Å². The quantitative estimate of drug-likeness (QED) is 0.302. The lowest BCUT2D eigenvalue weighted by Gasteiger charge is -2.27. The Labute approximate surface area is 218 Å². The Balaban J connectivity index is 1.37. The molecule has 2 unspecified atom stereocenters. The molecule has 0 radical (unpaired) electrons. The monoisotopic (exact) mass is 525 g/mol. The molecule has 12 heteroatoms. The molecular formula is C26H32FN7O4. The molecule has 2 saturated carbocycles. The second-order valence-corrected chi connectivity index (χ2v) is 10.5. The number of carbonyl (C=O) groups excluding carboxylic acids is 2. The van der Waals surface area contributed by atoms with Crippen LogP contribution in [0.25, 0.3) is 0 Å². The van der Waals surface area contributed by atoms with E-state index in [0.717, 1.165) is 37.9 Å². The van der Waals surface area contributed by atoms with E-state index in [9.17, 15) is 23.9 Å². The lowest BCUT2D eigenvalue weighted by Crippen LogP contribution is -2.50. The van der Waals surface area contributed by atoms with Crippen LogP contribution in [0.5, 0.6) is 0 Å². The van der Waals surface area contributed by atoms with Crippen molar-refractivity contribution in [3.63, 3.8) is 0 Å². The van der Waals surface area contributed by atoms with Crippen molar-refractivity contribution in [2.24, 2.45) is 17.8 Å². The maximum Gasteiger partial charge on any atom is 0.270 e. The van der Waals surface area contributed by atoms with E-state index in [1.165, 1.54) is 17.1 Å². The largest absolute Gasteiger partial charge is 0.394 e. The molecule has 0 saturated heterocycles. The van der Waals surface area contributed by atoms with Crippen LogP contribution in [-0.4, -0.2) is 54.1 Å². The van der Waals surface area contributed by atoms with Crippen molar-refractivity contribution in [3.05, 3.63) is 64.3 Å². The molecule has 3 heterocycles. The van der Waals surface area contributed by atoms with Crippen LogP contribution in [0.3, 0.4) is 0 Å². The molecular weight excluding hydrogens is 493 g/mol. The van der Waals surface area contributed by atoms with E-state index >= 15 is 0 Å². The predicted molar refractivity (Wildman–Crippen MR) is 136 cm³/mol. The summed E-state index contributed by atoms with van der Waals surface area (Å²) in [5.41, 5.74) is 0.176. The molecule has 0 aromatic carbocycles. The third-order valence-electron chi connectivity index (χ3n) is 7.30. The Hall–Kier alpha value is -3.80. The van der Waals surface area contributed by atoms with Crippen molar-refractivity contribution in [2.45, 2.75) is 57.7 Å². The molecule has 0 aliphatic heterocycles. The van der Waals surface area contributed by atoms with Crippen LogP contribution in [0, 0.1) is 23.6 Å². The van der Waals surface area contributed by atoms with Crippen LogP contribution in [0.4, 0.5) is 10.1 Å². The number of carbonyl (C=O) groups is 2. The molecule has 0 bridgehead atoms. The van der Waals surface area contributed by atoms with Gasteiger partial charge in [-0.1, -0.05) is 0 Å². The smallest absolute Gasteiger partial charge is 0.270 e. The summed E-state index contributed by atoms with van der Waals surface area (Å²) in [6, 6.07) is 0.971. The van der Waals surface area contributed by atoms with Gasteiger partial charge in [0.15, 0.2) is 0 Å². The van der Waals surface area contributed by atoms with Crippen molar-refractivity contribution in [1.29, 1.82) is 0 Å². The van der Waals surface area contributed by atoms with Crippen LogP contribution in [0.2, 0.25) is 0 Å². The van der Waals surface area contributed by atoms with E-state index in [0.29, 0.717) is 23.2 Å². The summed E-state index contributed by atoms with van der Waals surface area (Å²) in [5, 5.41) is 24.2. The highest BCUT2D eigenvalue weighted by Crippen LogP contribution is 2.51. The van der Waals surface area contributed by atoms with Crippen molar-refractivity contribution in [1.82, 2.24) is 29.9 Å². The first kappa shape index (κ1) is 25.8. The number of aromatic amines is 1. The van der Waals surface area contributed by atoms with E-state index in [1.54, 1.807) is 16.9 Å². The Morgan fingerprint density at radius 1 is 1.21 bits per heavy atom. The van der Waals surface area contributed by atoms with Gasteiger partial charge < -0.3 is 20.7 Å². The summed E-state index contributed by atoms with van der Waals surface area (Å²) in [4.78, 5) is 41.4. The molecule has 0 spiro atoms. The zero-order valence-corrected chi connectivity index (χ0v) is 21.3. The minimum atomic E-state index is -0.947. The van der Waals surface area contributed by atoms with Crippen molar-refractivity contribution in [2.75, 3.05) is 11.9 Å². The van der Waals surface area contributed by atoms with Crippen LogP contribution in [-0.2, 0) is 4.79 Å². The minimum absolute atomic E-state index is 0.00270. The van der Waals surface area contributed by atoms with E-state index in [-0.39, 0.29) is 29.3 Å². The van der Waals surface area contributed by atoms with Crippen molar-refractivity contribution < 1.29 is 19.1 Å². The number of rotatable bonds is 11. The van der Waals surface area contributed by atoms with Gasteiger partial charge in [-0.15, -0.1) is 0 Å². The molecule has 38 heavy (non-hydrogen) atoms. The van der Waals surface area contributed by atoms with Crippen molar-refractivity contribution >= 4 is 17.5 Å². The number of aromatic nitrogens is 5. The first-order valence-corrected chi connectivity index (χ1v) is 12.9. The normalized spacial score (nSPS) is 17.0. The first-order valence-electron chi connectivity index (χ1n) is 12.9. The van der Waals surface area contributed by atoms with Crippen LogP contribution >= 0.6 is 0 Å². The second-order valence-electron chi connectivity index (χ2n) is 10.5. The summed E-state index contributed by atoms with van der Waals surface area (Å²) in [6.07, 6.45) is 9.49. The number of halogens is 1. The number of amides is 2. The van der Waals surface area contributed by atoms with Crippen LogP contribution < -0.4 is 16.2 Å². The number of nitrogens with zero attached hydrogens (tertiary/aromatic N) is 4. The second kappa shape index (κ2) is 10.5. The van der Waals surface area contributed by atoms with Gasteiger partial charge in [-0.25, -0.2) is 4.39 Å². The maximum absolute atomic E-state index is 13.7. The highest BCUT2D eigenvalue weighted by molar-refractivity contribution is 6.00. The van der Waals surface area contributed by atoms with E-state index in [2.05, 4.69) is 25.8 Å². The molecule has 5 rings (SSSR count). The summed E-state index contributed by atoms with van der Waals surface area (Å²) in [6.45, 7) is 3.36. The number of hydrogen-bond acceptors (Lipinski definition) is 6. The predicted octanol–water partition coefficient (Wildman–Crippen LogP) is 2.24. The molecule has 2 fully saturated rings. The standard InChI is InChI=1S/C26H32FN7O4/c1-14(2)34-20(7-8-29-34)25(37)32-23(22(15-3-4-15)16-5-6-16)26(38)31-18-11-30-33(12-18)21(13-35)19-9-17(27)10-28-24(19)36/h7-12,14-16,21-23,35H,3-6,13H2,1-2H3,(H,28,36)(H,31,38)(H,32,37). The van der Waals surface area contributed by atoms with Gasteiger partial charge in [0.25, 0.3) is 11.5 Å². The lowest BCUT2D eigenvalue weighted by molar-refractivity contribution is -0.119. The molecule has 2 atom stereocenters.